The Morgan fingerprint density at radius 2 is 1.93 bits per heavy atom. The lowest BCUT2D eigenvalue weighted by Crippen LogP contribution is -2.70. The van der Waals surface area contributed by atoms with Gasteiger partial charge in [0.2, 0.25) is 5.78 Å². The van der Waals surface area contributed by atoms with Crippen LogP contribution in [0.25, 0.3) is 0 Å². The molecule has 0 amide bonds. The second kappa shape index (κ2) is 5.91. The molecule has 0 saturated heterocycles. The molecule has 0 aromatic carbocycles. The van der Waals surface area contributed by atoms with Crippen molar-refractivity contribution < 1.29 is 33.4 Å². The molecule has 5 nitrogen and oxygen atoms in total. The maximum atomic E-state index is 16.8. The van der Waals surface area contributed by atoms with Gasteiger partial charge in [0.25, 0.3) is 0 Å². The van der Waals surface area contributed by atoms with Crippen molar-refractivity contribution in [3.8, 4) is 0 Å². The molecule has 0 aromatic rings. The Kier molecular flexibility index (Phi) is 4.19. The highest BCUT2D eigenvalue weighted by Crippen LogP contribution is 2.70. The van der Waals surface area contributed by atoms with Crippen LogP contribution in [0.1, 0.15) is 40.0 Å². The Hall–Kier alpha value is -1.73. The minimum Gasteiger partial charge on any atom is -0.390 e. The van der Waals surface area contributed by atoms with E-state index in [2.05, 4.69) is 0 Å². The van der Waals surface area contributed by atoms with Gasteiger partial charge in [0.05, 0.1) is 6.10 Å². The minimum atomic E-state index is -2.27. The Morgan fingerprint density at radius 3 is 2.55 bits per heavy atom. The van der Waals surface area contributed by atoms with Crippen molar-refractivity contribution >= 4 is 17.9 Å². The summed E-state index contributed by atoms with van der Waals surface area (Å²) in [7, 11) is 0. The zero-order valence-corrected chi connectivity index (χ0v) is 16.7. The number of aldehydes is 1. The van der Waals surface area contributed by atoms with Crippen molar-refractivity contribution in [2.45, 2.75) is 63.6 Å². The number of carbonyl (C=O) groups excluding carboxylic acids is 3. The van der Waals surface area contributed by atoms with Crippen molar-refractivity contribution in [3.63, 3.8) is 0 Å². The van der Waals surface area contributed by atoms with Crippen LogP contribution < -0.4 is 0 Å². The molecule has 158 valence electrons. The quantitative estimate of drug-likeness (QED) is 0.539. The van der Waals surface area contributed by atoms with Crippen LogP contribution in [0.2, 0.25) is 0 Å². The van der Waals surface area contributed by atoms with E-state index in [-0.39, 0.29) is 31.1 Å². The van der Waals surface area contributed by atoms with Crippen LogP contribution in [0.5, 0.6) is 0 Å². The summed E-state index contributed by atoms with van der Waals surface area (Å²) in [5, 5.41) is 22.3. The van der Waals surface area contributed by atoms with Gasteiger partial charge in [-0.3, -0.25) is 14.4 Å². The zero-order chi connectivity index (χ0) is 21.6. The number of allylic oxidation sites excluding steroid dienone is 4. The summed E-state index contributed by atoms with van der Waals surface area (Å²) in [5.41, 5.74) is -7.06. The lowest BCUT2D eigenvalue weighted by atomic mass is 9.44. The third-order valence-corrected chi connectivity index (χ3v) is 8.69. The first-order chi connectivity index (χ1) is 13.4. The molecule has 4 aliphatic rings. The number of rotatable bonds is 2. The third kappa shape index (κ3) is 2.13. The molecule has 0 aromatic heterocycles. The van der Waals surface area contributed by atoms with Gasteiger partial charge >= 0.3 is 0 Å². The fraction of sp³-hybridized carbons (Fsp3) is 0.682. The lowest BCUT2D eigenvalue weighted by Gasteiger charge is -2.62. The SMILES string of the molecule is C[C@H]1C[C@@H]2[C@@H]3C[C@@H](F)C4=CC(=O)C=C[C@]4(C)[C@]3(F)[C@@H](O)C[C@]2(C)[C@@]1(O)C(=O)C=O. The number of alkyl halides is 2. The number of halogens is 2. The molecule has 4 rings (SSSR count). The third-order valence-electron chi connectivity index (χ3n) is 8.69. The average Bonchev–Trinajstić information content (AvgIpc) is 2.86. The van der Waals surface area contributed by atoms with Crippen molar-refractivity contribution in [1.82, 2.24) is 0 Å². The highest BCUT2D eigenvalue weighted by atomic mass is 19.1. The molecular weight excluding hydrogens is 382 g/mol. The number of fused-ring (bicyclic) bond motifs is 5. The summed E-state index contributed by atoms with van der Waals surface area (Å²) in [6, 6.07) is 0. The van der Waals surface area contributed by atoms with Gasteiger partial charge in [0.15, 0.2) is 17.7 Å². The molecule has 0 spiro atoms. The van der Waals surface area contributed by atoms with Crippen molar-refractivity contribution in [1.29, 1.82) is 0 Å². The topological polar surface area (TPSA) is 91.7 Å². The minimum absolute atomic E-state index is 0.0247. The molecule has 9 atom stereocenters. The van der Waals surface area contributed by atoms with Gasteiger partial charge in [-0.15, -0.1) is 0 Å². The molecule has 3 fully saturated rings. The number of Topliss-reactive ketones (excluding diaryl/α,β-unsaturated/α-hetero) is 1. The number of aliphatic hydroxyl groups excluding tert-OH is 1. The highest BCUT2D eigenvalue weighted by molar-refractivity contribution is 6.29. The number of hydrogen-bond acceptors (Lipinski definition) is 5. The van der Waals surface area contributed by atoms with Crippen LogP contribution in [-0.4, -0.2) is 51.6 Å². The van der Waals surface area contributed by atoms with Crippen LogP contribution in [0, 0.1) is 28.6 Å². The summed E-state index contributed by atoms with van der Waals surface area (Å²) >= 11 is 0. The average molecular weight is 408 g/mol. The molecule has 0 bridgehead atoms. The fourth-order valence-corrected chi connectivity index (χ4v) is 7.15. The highest BCUT2D eigenvalue weighted by Gasteiger charge is 2.76. The second-order valence-electron chi connectivity index (χ2n) is 9.74. The summed E-state index contributed by atoms with van der Waals surface area (Å²) in [4.78, 5) is 35.5. The summed E-state index contributed by atoms with van der Waals surface area (Å²) < 4.78 is 32.1. The largest absolute Gasteiger partial charge is 0.390 e. The molecule has 4 aliphatic carbocycles. The van der Waals surface area contributed by atoms with Crippen molar-refractivity contribution in [3.05, 3.63) is 23.8 Å². The Bertz CT molecular complexity index is 867. The first kappa shape index (κ1) is 20.5. The molecule has 7 heteroatoms. The predicted molar refractivity (Wildman–Crippen MR) is 99.2 cm³/mol. The lowest BCUT2D eigenvalue weighted by molar-refractivity contribution is -0.222. The van der Waals surface area contributed by atoms with E-state index in [1.54, 1.807) is 13.8 Å². The van der Waals surface area contributed by atoms with E-state index >= 15 is 8.78 Å². The Morgan fingerprint density at radius 1 is 1.28 bits per heavy atom. The van der Waals surface area contributed by atoms with Crippen LogP contribution in [-0.2, 0) is 14.4 Å². The molecule has 0 heterocycles. The maximum Gasteiger partial charge on any atom is 0.227 e. The van der Waals surface area contributed by atoms with E-state index in [1.807, 2.05) is 0 Å². The van der Waals surface area contributed by atoms with Gasteiger partial charge in [0.1, 0.15) is 11.8 Å². The maximum absolute atomic E-state index is 16.8. The van der Waals surface area contributed by atoms with Crippen LogP contribution in [0.4, 0.5) is 8.78 Å². The normalized spacial score (nSPS) is 53.6. The molecule has 29 heavy (non-hydrogen) atoms. The molecule has 3 saturated carbocycles. The molecular formula is C22H26F2O5. The Balaban J connectivity index is 1.88. The smallest absolute Gasteiger partial charge is 0.227 e. The predicted octanol–water partition coefficient (Wildman–Crippen LogP) is 2.05. The summed E-state index contributed by atoms with van der Waals surface area (Å²) in [6.45, 7) is 4.71. The standard InChI is InChI=1S/C22H26F2O5/c1-11-6-13-14-8-16(23)15-7-12(26)4-5-19(15,2)21(14,24)17(27)9-20(13,3)22(11,29)18(28)10-25/h4-5,7,10-11,13-14,16-17,27,29H,6,8-9H2,1-3H3/t11-,13+,14-,16+,17-,19-,20-,21+,22-/m0/s1. The summed E-state index contributed by atoms with van der Waals surface area (Å²) in [6.07, 6.45) is 0.282. The van der Waals surface area contributed by atoms with E-state index in [0.717, 1.165) is 6.08 Å². The first-order valence-electron chi connectivity index (χ1n) is 10.1. The van der Waals surface area contributed by atoms with E-state index < -0.39 is 63.7 Å². The van der Waals surface area contributed by atoms with E-state index in [1.165, 1.54) is 19.1 Å². The van der Waals surface area contributed by atoms with Gasteiger partial charge < -0.3 is 10.2 Å². The van der Waals surface area contributed by atoms with Gasteiger partial charge in [-0.2, -0.15) is 0 Å². The van der Waals surface area contributed by atoms with E-state index in [0.29, 0.717) is 0 Å². The van der Waals surface area contributed by atoms with Gasteiger partial charge in [-0.25, -0.2) is 8.78 Å². The van der Waals surface area contributed by atoms with Crippen LogP contribution in [0.3, 0.4) is 0 Å². The van der Waals surface area contributed by atoms with Crippen molar-refractivity contribution in [2.75, 3.05) is 0 Å². The first-order valence-corrected chi connectivity index (χ1v) is 10.1. The van der Waals surface area contributed by atoms with E-state index in [4.69, 9.17) is 0 Å². The van der Waals surface area contributed by atoms with Crippen molar-refractivity contribution in [2.24, 2.45) is 28.6 Å². The van der Waals surface area contributed by atoms with Gasteiger partial charge in [-0.1, -0.05) is 19.9 Å². The summed E-state index contributed by atoms with van der Waals surface area (Å²) in [5.74, 6) is -3.64. The zero-order valence-electron chi connectivity index (χ0n) is 16.7. The van der Waals surface area contributed by atoms with Gasteiger partial charge in [-0.05, 0) is 55.7 Å². The fourth-order valence-electron chi connectivity index (χ4n) is 7.15. The van der Waals surface area contributed by atoms with E-state index in [9.17, 15) is 24.6 Å². The monoisotopic (exact) mass is 408 g/mol. The molecule has 0 radical (unpaired) electrons. The molecule has 0 aliphatic heterocycles. The molecule has 0 unspecified atom stereocenters. The Labute approximate surface area is 167 Å². The number of aliphatic hydroxyl groups is 2. The van der Waals surface area contributed by atoms with Gasteiger partial charge in [0, 0.05) is 16.7 Å². The van der Waals surface area contributed by atoms with Crippen LogP contribution >= 0.6 is 0 Å². The second-order valence-corrected chi connectivity index (χ2v) is 9.74. The van der Waals surface area contributed by atoms with Crippen LogP contribution in [0.15, 0.2) is 23.8 Å². The number of carbonyl (C=O) groups is 3. The number of hydrogen-bond donors (Lipinski definition) is 2. The number of ketones is 2. The molecule has 2 N–H and O–H groups in total.